The second kappa shape index (κ2) is 8.60. The number of piperidine rings is 1. The summed E-state index contributed by atoms with van der Waals surface area (Å²) in [7, 11) is 3.39. The molecule has 0 N–H and O–H groups in total. The van der Waals surface area contributed by atoms with E-state index in [0.29, 0.717) is 17.1 Å². The van der Waals surface area contributed by atoms with Crippen molar-refractivity contribution in [3.8, 4) is 11.5 Å². The zero-order valence-electron chi connectivity index (χ0n) is 18.2. The first-order valence-electron chi connectivity index (χ1n) is 11.1. The molecule has 2 aliphatic rings. The van der Waals surface area contributed by atoms with Gasteiger partial charge in [-0.25, -0.2) is 0 Å². The van der Waals surface area contributed by atoms with E-state index in [-0.39, 0.29) is 0 Å². The molecule has 0 amide bonds. The van der Waals surface area contributed by atoms with Gasteiger partial charge in [0.15, 0.2) is 0 Å². The molecule has 3 aromatic rings. The molecule has 3 aromatic carbocycles. The van der Waals surface area contributed by atoms with Crippen LogP contribution in [0.5, 0.6) is 11.5 Å². The average Bonchev–Trinajstić information content (AvgIpc) is 2.83. The SMILES string of the molecule is COc1ccc2cc(C3CCCC4CN(c5ccc(Cl)c(OC)c5)CCN43)ccc2c1. The number of piperazine rings is 1. The predicted molar refractivity (Wildman–Crippen MR) is 128 cm³/mol. The summed E-state index contributed by atoms with van der Waals surface area (Å²) in [6.45, 7) is 3.13. The van der Waals surface area contributed by atoms with Gasteiger partial charge >= 0.3 is 0 Å². The smallest absolute Gasteiger partial charge is 0.139 e. The predicted octanol–water partition coefficient (Wildman–Crippen LogP) is 5.93. The average molecular weight is 437 g/mol. The Morgan fingerprint density at radius 1 is 0.871 bits per heavy atom. The fraction of sp³-hybridized carbons (Fsp3) is 0.385. The van der Waals surface area contributed by atoms with Gasteiger partial charge in [0.2, 0.25) is 0 Å². The highest BCUT2D eigenvalue weighted by molar-refractivity contribution is 6.32. The van der Waals surface area contributed by atoms with Crippen LogP contribution < -0.4 is 14.4 Å². The Hall–Kier alpha value is -2.43. The van der Waals surface area contributed by atoms with Crippen LogP contribution in [0.25, 0.3) is 10.8 Å². The molecule has 2 unspecified atom stereocenters. The Bertz CT molecular complexity index is 1090. The number of halogens is 1. The molecule has 4 nitrogen and oxygen atoms in total. The molecule has 0 spiro atoms. The summed E-state index contributed by atoms with van der Waals surface area (Å²) in [4.78, 5) is 5.22. The molecule has 0 aliphatic carbocycles. The molecule has 5 heteroatoms. The molecule has 2 saturated heterocycles. The highest BCUT2D eigenvalue weighted by Crippen LogP contribution is 2.39. The molecule has 2 aliphatic heterocycles. The van der Waals surface area contributed by atoms with Gasteiger partial charge in [0, 0.05) is 43.5 Å². The number of methoxy groups -OCH3 is 2. The number of nitrogens with zero attached hydrogens (tertiary/aromatic N) is 2. The first-order chi connectivity index (χ1) is 15.2. The largest absolute Gasteiger partial charge is 0.497 e. The van der Waals surface area contributed by atoms with Crippen molar-refractivity contribution >= 4 is 28.1 Å². The third kappa shape index (κ3) is 3.95. The summed E-state index contributed by atoms with van der Waals surface area (Å²) in [5.74, 6) is 1.66. The first-order valence-corrected chi connectivity index (χ1v) is 11.5. The van der Waals surface area contributed by atoms with Gasteiger partial charge in [0.1, 0.15) is 11.5 Å². The van der Waals surface area contributed by atoms with Gasteiger partial charge in [-0.3, -0.25) is 4.90 Å². The Kier molecular flexibility index (Phi) is 5.68. The monoisotopic (exact) mass is 436 g/mol. The van der Waals surface area contributed by atoms with Crippen molar-refractivity contribution in [1.29, 1.82) is 0 Å². The second-order valence-electron chi connectivity index (χ2n) is 8.58. The zero-order chi connectivity index (χ0) is 21.4. The summed E-state index contributed by atoms with van der Waals surface area (Å²) >= 11 is 6.23. The van der Waals surface area contributed by atoms with Crippen LogP contribution in [0.4, 0.5) is 5.69 Å². The maximum Gasteiger partial charge on any atom is 0.139 e. The Morgan fingerprint density at radius 2 is 1.71 bits per heavy atom. The molecule has 2 atom stereocenters. The topological polar surface area (TPSA) is 24.9 Å². The first kappa shape index (κ1) is 20.5. The lowest BCUT2D eigenvalue weighted by Crippen LogP contribution is -2.55. The molecule has 0 bridgehead atoms. The van der Waals surface area contributed by atoms with E-state index in [1.54, 1.807) is 14.2 Å². The number of anilines is 1. The summed E-state index contributed by atoms with van der Waals surface area (Å²) in [5.41, 5.74) is 2.63. The number of hydrogen-bond donors (Lipinski definition) is 0. The van der Waals surface area contributed by atoms with Gasteiger partial charge in [-0.1, -0.05) is 29.8 Å². The van der Waals surface area contributed by atoms with Crippen LogP contribution in [-0.4, -0.2) is 44.8 Å². The minimum absolute atomic E-state index is 0.493. The standard InChI is InChI=1S/C26H29ClN2O2/c1-30-23-10-8-18-14-20(7-6-19(18)15-23)25-5-3-4-22-17-28(12-13-29(22)25)21-9-11-24(27)26(16-21)31-2/h6-11,14-16,22,25H,3-5,12-13,17H2,1-2H3. The molecule has 0 saturated carbocycles. The maximum atomic E-state index is 6.23. The van der Waals surface area contributed by atoms with E-state index >= 15 is 0 Å². The highest BCUT2D eigenvalue weighted by atomic mass is 35.5. The van der Waals surface area contributed by atoms with Crippen LogP contribution in [0.1, 0.15) is 30.9 Å². The molecule has 0 radical (unpaired) electrons. The molecule has 5 rings (SSSR count). The van der Waals surface area contributed by atoms with Gasteiger partial charge < -0.3 is 14.4 Å². The number of benzene rings is 3. The van der Waals surface area contributed by atoms with Gasteiger partial charge in [-0.2, -0.15) is 0 Å². The molecule has 31 heavy (non-hydrogen) atoms. The van der Waals surface area contributed by atoms with E-state index in [2.05, 4.69) is 58.3 Å². The lowest BCUT2D eigenvalue weighted by Gasteiger charge is -2.49. The van der Waals surface area contributed by atoms with E-state index in [1.807, 2.05) is 6.07 Å². The molecular weight excluding hydrogens is 408 g/mol. The Balaban J connectivity index is 1.36. The quantitative estimate of drug-likeness (QED) is 0.506. The van der Waals surface area contributed by atoms with Crippen molar-refractivity contribution in [3.05, 3.63) is 65.2 Å². The van der Waals surface area contributed by atoms with E-state index in [4.69, 9.17) is 21.1 Å². The molecule has 2 fully saturated rings. The maximum absolute atomic E-state index is 6.23. The summed E-state index contributed by atoms with van der Waals surface area (Å²) in [6, 6.07) is 20.4. The molecule has 162 valence electrons. The molecular formula is C26H29ClN2O2. The zero-order valence-corrected chi connectivity index (χ0v) is 18.9. The van der Waals surface area contributed by atoms with Gasteiger partial charge in [0.25, 0.3) is 0 Å². The van der Waals surface area contributed by atoms with Gasteiger partial charge in [0.05, 0.1) is 19.2 Å². The Labute approximate surface area is 189 Å². The van der Waals surface area contributed by atoms with Gasteiger partial charge in [-0.15, -0.1) is 0 Å². The third-order valence-electron chi connectivity index (χ3n) is 6.90. The second-order valence-corrected chi connectivity index (χ2v) is 8.98. The summed E-state index contributed by atoms with van der Waals surface area (Å²) in [5, 5.41) is 3.18. The van der Waals surface area contributed by atoms with E-state index in [1.165, 1.54) is 41.3 Å². The fourth-order valence-electron chi connectivity index (χ4n) is 5.26. The molecule has 2 heterocycles. The highest BCUT2D eigenvalue weighted by Gasteiger charge is 2.35. The van der Waals surface area contributed by atoms with Crippen LogP contribution in [-0.2, 0) is 0 Å². The summed E-state index contributed by atoms with van der Waals surface area (Å²) in [6.07, 6.45) is 3.75. The third-order valence-corrected chi connectivity index (χ3v) is 7.21. The van der Waals surface area contributed by atoms with Crippen molar-refractivity contribution in [2.45, 2.75) is 31.3 Å². The number of fused-ring (bicyclic) bond motifs is 2. The van der Waals surface area contributed by atoms with E-state index in [9.17, 15) is 0 Å². The lowest BCUT2D eigenvalue weighted by atomic mass is 9.88. The van der Waals surface area contributed by atoms with Crippen LogP contribution in [0.15, 0.2) is 54.6 Å². The fourth-order valence-corrected chi connectivity index (χ4v) is 5.46. The number of hydrogen-bond acceptors (Lipinski definition) is 4. The van der Waals surface area contributed by atoms with E-state index in [0.717, 1.165) is 31.1 Å². The van der Waals surface area contributed by atoms with Crippen LogP contribution >= 0.6 is 11.6 Å². The van der Waals surface area contributed by atoms with Crippen molar-refractivity contribution in [1.82, 2.24) is 4.90 Å². The van der Waals surface area contributed by atoms with Crippen LogP contribution in [0.3, 0.4) is 0 Å². The van der Waals surface area contributed by atoms with E-state index < -0.39 is 0 Å². The minimum Gasteiger partial charge on any atom is -0.497 e. The van der Waals surface area contributed by atoms with Crippen LogP contribution in [0.2, 0.25) is 5.02 Å². The number of rotatable bonds is 4. The van der Waals surface area contributed by atoms with Gasteiger partial charge in [-0.05, 0) is 65.9 Å². The van der Waals surface area contributed by atoms with Crippen LogP contribution in [0, 0.1) is 0 Å². The van der Waals surface area contributed by atoms with Crippen molar-refractivity contribution in [2.75, 3.05) is 38.8 Å². The van der Waals surface area contributed by atoms with Crippen molar-refractivity contribution in [2.24, 2.45) is 0 Å². The Morgan fingerprint density at radius 3 is 2.55 bits per heavy atom. The molecule has 0 aromatic heterocycles. The van der Waals surface area contributed by atoms with Crippen molar-refractivity contribution < 1.29 is 9.47 Å². The normalized spacial score (nSPS) is 21.7. The lowest BCUT2D eigenvalue weighted by molar-refractivity contribution is 0.0717. The van der Waals surface area contributed by atoms with Crippen molar-refractivity contribution in [3.63, 3.8) is 0 Å². The summed E-state index contributed by atoms with van der Waals surface area (Å²) < 4.78 is 10.8. The minimum atomic E-state index is 0.493. The number of ether oxygens (including phenoxy) is 2.